The van der Waals surface area contributed by atoms with E-state index in [0.717, 1.165) is 37.2 Å². The summed E-state index contributed by atoms with van der Waals surface area (Å²) in [6.07, 6.45) is 3.24. The van der Waals surface area contributed by atoms with E-state index in [2.05, 4.69) is 27.8 Å². The summed E-state index contributed by atoms with van der Waals surface area (Å²) >= 11 is 8.17. The van der Waals surface area contributed by atoms with E-state index in [1.807, 2.05) is 11.0 Å². The Bertz CT molecular complexity index is 1940. The number of anilines is 2. The molecule has 1 saturated carbocycles. The van der Waals surface area contributed by atoms with Crippen molar-refractivity contribution >= 4 is 60.7 Å². The number of fused-ring (bicyclic) bond motifs is 2. The summed E-state index contributed by atoms with van der Waals surface area (Å²) in [5, 5.41) is 14.2. The third kappa shape index (κ3) is 6.38. The summed E-state index contributed by atoms with van der Waals surface area (Å²) in [5.41, 5.74) is 7.01. The maximum atomic E-state index is 17.0. The van der Waals surface area contributed by atoms with Crippen molar-refractivity contribution in [2.24, 2.45) is 5.41 Å². The molecule has 1 amide bonds. The van der Waals surface area contributed by atoms with E-state index in [4.69, 9.17) is 36.5 Å². The molecule has 3 aliphatic rings. The number of amides is 1. The van der Waals surface area contributed by atoms with Crippen LogP contribution in [-0.2, 0) is 14.3 Å². The zero-order valence-corrected chi connectivity index (χ0v) is 27.8. The van der Waals surface area contributed by atoms with Gasteiger partial charge in [0.15, 0.2) is 5.82 Å². The Morgan fingerprint density at radius 2 is 2.06 bits per heavy atom. The number of hydrogen-bond acceptors (Lipinski definition) is 11. The minimum absolute atomic E-state index is 0.0295. The molecule has 48 heavy (non-hydrogen) atoms. The first kappa shape index (κ1) is 32.5. The van der Waals surface area contributed by atoms with E-state index in [-0.39, 0.29) is 45.0 Å². The predicted octanol–water partition coefficient (Wildman–Crippen LogP) is 4.76. The summed E-state index contributed by atoms with van der Waals surface area (Å²) in [5.74, 6) is -0.570. The quantitative estimate of drug-likeness (QED) is 0.236. The number of nitriles is 1. The van der Waals surface area contributed by atoms with Crippen LogP contribution < -0.4 is 20.7 Å². The number of aromatic nitrogens is 2. The van der Waals surface area contributed by atoms with E-state index in [9.17, 15) is 10.1 Å². The molecule has 7 rings (SSSR count). The Kier molecular flexibility index (Phi) is 9.10. The highest BCUT2D eigenvalue weighted by Gasteiger charge is 2.45. The molecule has 4 aromatic rings. The van der Waals surface area contributed by atoms with Gasteiger partial charge >= 0.3 is 6.01 Å². The molecular formula is C34H35ClFN7O4S. The fourth-order valence-corrected chi connectivity index (χ4v) is 7.77. The SMILES string of the molecule is C=CC(=O)N[C@H]1COCCN(c2nc(OCC3(CN4CCOCC4)CC3)nc3c(F)c(-c4cccc5sc(N)c(C#N)c45)c(Cl)cc23)C1. The van der Waals surface area contributed by atoms with Crippen LogP contribution in [-0.4, -0.2) is 92.6 Å². The fourth-order valence-electron chi connectivity index (χ4n) is 6.52. The molecule has 4 heterocycles. The molecule has 3 fully saturated rings. The molecule has 0 radical (unpaired) electrons. The number of nitrogens with one attached hydrogen (secondary N) is 1. The first-order chi connectivity index (χ1) is 23.3. The van der Waals surface area contributed by atoms with Gasteiger partial charge in [-0.25, -0.2) is 4.39 Å². The Morgan fingerprint density at radius 3 is 2.81 bits per heavy atom. The number of ether oxygens (including phenoxy) is 3. The largest absolute Gasteiger partial charge is 0.463 e. The van der Waals surface area contributed by atoms with Gasteiger partial charge in [-0.3, -0.25) is 9.69 Å². The highest BCUT2D eigenvalue weighted by Crippen LogP contribution is 2.47. The van der Waals surface area contributed by atoms with Gasteiger partial charge in [-0.15, -0.1) is 11.3 Å². The van der Waals surface area contributed by atoms with Gasteiger partial charge in [-0.1, -0.05) is 30.3 Å². The van der Waals surface area contributed by atoms with E-state index >= 15 is 4.39 Å². The van der Waals surface area contributed by atoms with Crippen molar-refractivity contribution in [2.75, 3.05) is 76.4 Å². The molecule has 2 aromatic heterocycles. The van der Waals surface area contributed by atoms with E-state index in [0.29, 0.717) is 73.3 Å². The lowest BCUT2D eigenvalue weighted by Gasteiger charge is -2.30. The van der Waals surface area contributed by atoms with Crippen molar-refractivity contribution in [1.29, 1.82) is 5.26 Å². The van der Waals surface area contributed by atoms with Crippen LogP contribution in [0.15, 0.2) is 36.9 Å². The molecule has 1 aliphatic carbocycles. The molecule has 3 N–H and O–H groups in total. The standard InChI is InChI=1S/C34H35ClFN7O4S/c1-2-26(44)39-20-16-43(10-13-46-17-20)32-22-14-24(35)28(21-4-3-5-25-27(21)23(15-37)31(38)48-25)29(36)30(22)40-33(41-32)47-19-34(6-7-34)18-42-8-11-45-12-9-42/h2-5,14,20H,1,6-13,16-19,38H2,(H,39,44)/t20-/m1/s1. The van der Waals surface area contributed by atoms with Crippen LogP contribution in [0.5, 0.6) is 6.01 Å². The number of benzene rings is 2. The molecule has 11 nitrogen and oxygen atoms in total. The monoisotopic (exact) mass is 691 g/mol. The highest BCUT2D eigenvalue weighted by molar-refractivity contribution is 7.23. The second-order valence-corrected chi connectivity index (χ2v) is 14.0. The number of rotatable bonds is 9. The minimum atomic E-state index is -0.663. The zero-order valence-electron chi connectivity index (χ0n) is 26.3. The fraction of sp³-hybridized carbons (Fsp3) is 0.412. The lowest BCUT2D eigenvalue weighted by molar-refractivity contribution is -0.117. The smallest absolute Gasteiger partial charge is 0.319 e. The molecule has 14 heteroatoms. The summed E-state index contributed by atoms with van der Waals surface area (Å²) < 4.78 is 35.4. The van der Waals surface area contributed by atoms with Crippen molar-refractivity contribution < 1.29 is 23.4 Å². The molecule has 2 saturated heterocycles. The van der Waals surface area contributed by atoms with Gasteiger partial charge in [0.25, 0.3) is 0 Å². The topological polar surface area (TPSA) is 139 Å². The summed E-state index contributed by atoms with van der Waals surface area (Å²) in [6, 6.07) is 8.85. The van der Waals surface area contributed by atoms with E-state index in [1.54, 1.807) is 18.2 Å². The van der Waals surface area contributed by atoms with Gasteiger partial charge < -0.3 is 30.2 Å². The number of hydrogen-bond donors (Lipinski definition) is 2. The van der Waals surface area contributed by atoms with E-state index < -0.39 is 5.82 Å². The Balaban J connectivity index is 1.32. The van der Waals surface area contributed by atoms with Crippen LogP contribution in [0.2, 0.25) is 5.02 Å². The maximum Gasteiger partial charge on any atom is 0.319 e. The minimum Gasteiger partial charge on any atom is -0.463 e. The first-order valence-electron chi connectivity index (χ1n) is 15.9. The van der Waals surface area contributed by atoms with Crippen molar-refractivity contribution in [3.63, 3.8) is 0 Å². The number of nitrogen functional groups attached to an aromatic ring is 1. The summed E-state index contributed by atoms with van der Waals surface area (Å²) in [4.78, 5) is 26.0. The Labute approximate surface area is 286 Å². The third-order valence-corrected chi connectivity index (χ3v) is 10.5. The molecule has 0 unspecified atom stereocenters. The van der Waals surface area contributed by atoms with Crippen molar-refractivity contribution in [3.8, 4) is 23.2 Å². The van der Waals surface area contributed by atoms with Crippen LogP contribution in [0, 0.1) is 22.6 Å². The van der Waals surface area contributed by atoms with Crippen LogP contribution >= 0.6 is 22.9 Å². The molecule has 0 bridgehead atoms. The molecule has 2 aromatic carbocycles. The summed E-state index contributed by atoms with van der Waals surface area (Å²) in [7, 11) is 0. The zero-order chi connectivity index (χ0) is 33.4. The number of morpholine rings is 1. The number of nitrogens with two attached hydrogens (primary N) is 1. The lowest BCUT2D eigenvalue weighted by Crippen LogP contribution is -2.44. The van der Waals surface area contributed by atoms with Crippen LogP contribution in [0.3, 0.4) is 0 Å². The van der Waals surface area contributed by atoms with Gasteiger partial charge in [0, 0.05) is 59.2 Å². The normalized spacial score (nSPS) is 19.5. The molecule has 2 aliphatic heterocycles. The Hall–Kier alpha value is -4.06. The Morgan fingerprint density at radius 1 is 1.27 bits per heavy atom. The van der Waals surface area contributed by atoms with Crippen LogP contribution in [0.4, 0.5) is 15.2 Å². The number of thiophene rings is 1. The van der Waals surface area contributed by atoms with Gasteiger partial charge in [0.05, 0.1) is 49.7 Å². The van der Waals surface area contributed by atoms with Crippen molar-refractivity contribution in [1.82, 2.24) is 20.2 Å². The number of carbonyl (C=O) groups is 1. The molecule has 250 valence electrons. The number of carbonyl (C=O) groups excluding carboxylic acids is 1. The first-order valence-corrected chi connectivity index (χ1v) is 17.1. The van der Waals surface area contributed by atoms with E-state index in [1.165, 1.54) is 17.4 Å². The molecular weight excluding hydrogens is 657 g/mol. The average Bonchev–Trinajstić information content (AvgIpc) is 3.82. The van der Waals surface area contributed by atoms with Gasteiger partial charge in [0.1, 0.15) is 22.4 Å². The van der Waals surface area contributed by atoms with Crippen LogP contribution in [0.25, 0.3) is 32.1 Å². The number of nitrogens with zero attached hydrogens (tertiary/aromatic N) is 5. The number of halogens is 2. The van der Waals surface area contributed by atoms with Gasteiger partial charge in [-0.05, 0) is 36.6 Å². The van der Waals surface area contributed by atoms with Crippen LogP contribution in [0.1, 0.15) is 18.4 Å². The van der Waals surface area contributed by atoms with Crippen molar-refractivity contribution in [2.45, 2.75) is 18.9 Å². The second-order valence-electron chi connectivity index (χ2n) is 12.5. The summed E-state index contributed by atoms with van der Waals surface area (Å²) in [6.45, 7) is 9.42. The van der Waals surface area contributed by atoms with Gasteiger partial charge in [0.2, 0.25) is 5.91 Å². The van der Waals surface area contributed by atoms with Gasteiger partial charge in [-0.2, -0.15) is 15.2 Å². The molecule has 0 spiro atoms. The average molecular weight is 692 g/mol. The molecule has 1 atom stereocenters. The maximum absolute atomic E-state index is 17.0. The third-order valence-electron chi connectivity index (χ3n) is 9.19. The lowest BCUT2D eigenvalue weighted by atomic mass is 9.97. The second kappa shape index (κ2) is 13.4. The van der Waals surface area contributed by atoms with Crippen molar-refractivity contribution in [3.05, 3.63) is 53.3 Å². The predicted molar refractivity (Wildman–Crippen MR) is 184 cm³/mol. The highest BCUT2D eigenvalue weighted by atomic mass is 35.5.